The fourth-order valence-electron chi connectivity index (χ4n) is 3.44. The molecule has 0 radical (unpaired) electrons. The molecule has 1 aliphatic heterocycles. The highest BCUT2D eigenvalue weighted by atomic mass is 79.9. The van der Waals surface area contributed by atoms with Gasteiger partial charge >= 0.3 is 0 Å². The average Bonchev–Trinajstić information content (AvgIpc) is 3.29. The summed E-state index contributed by atoms with van der Waals surface area (Å²) in [5.74, 6) is -0.817. The summed E-state index contributed by atoms with van der Waals surface area (Å²) in [5, 5.41) is 4.09. The van der Waals surface area contributed by atoms with E-state index in [0.717, 1.165) is 20.8 Å². The second-order valence-corrected chi connectivity index (χ2v) is 6.99. The van der Waals surface area contributed by atoms with Gasteiger partial charge < -0.3 is 9.40 Å². The van der Waals surface area contributed by atoms with Gasteiger partial charge in [0.15, 0.2) is 0 Å². The van der Waals surface area contributed by atoms with Crippen LogP contribution in [-0.4, -0.2) is 16.8 Å². The lowest BCUT2D eigenvalue weighted by Crippen LogP contribution is -2.22. The number of fused-ring (bicyclic) bond motifs is 2. The van der Waals surface area contributed by atoms with E-state index in [9.17, 15) is 9.59 Å². The lowest BCUT2D eigenvalue weighted by Gasteiger charge is -2.02. The maximum atomic E-state index is 12.6. The number of hydrogen-bond donors (Lipinski definition) is 2. The molecule has 4 aromatic rings. The average molecular weight is 407 g/mol. The summed E-state index contributed by atoms with van der Waals surface area (Å²) in [6, 6.07) is 13.2. The molecular weight excluding hydrogens is 396 g/mol. The van der Waals surface area contributed by atoms with Gasteiger partial charge in [0.25, 0.3) is 11.8 Å². The molecule has 126 valence electrons. The molecule has 0 saturated carbocycles. The Morgan fingerprint density at radius 1 is 0.885 bits per heavy atom. The fourth-order valence-corrected chi connectivity index (χ4v) is 3.78. The van der Waals surface area contributed by atoms with Crippen LogP contribution >= 0.6 is 15.9 Å². The maximum absolute atomic E-state index is 12.6. The Hall–Kier alpha value is -3.12. The molecule has 3 heterocycles. The zero-order chi connectivity index (χ0) is 17.8. The zero-order valence-corrected chi connectivity index (χ0v) is 14.9. The fraction of sp³-hybridized carbons (Fsp3) is 0. The Morgan fingerprint density at radius 3 is 2.50 bits per heavy atom. The van der Waals surface area contributed by atoms with Gasteiger partial charge in [0.05, 0.1) is 17.4 Å². The molecule has 6 heteroatoms. The van der Waals surface area contributed by atoms with Crippen molar-refractivity contribution in [2.45, 2.75) is 0 Å². The van der Waals surface area contributed by atoms with Crippen LogP contribution < -0.4 is 5.32 Å². The van der Waals surface area contributed by atoms with Crippen LogP contribution in [0.4, 0.5) is 0 Å². The van der Waals surface area contributed by atoms with Crippen molar-refractivity contribution >= 4 is 60.8 Å². The number of aromatic nitrogens is 1. The lowest BCUT2D eigenvalue weighted by atomic mass is 9.95. The molecule has 0 bridgehead atoms. The normalized spacial score (nSPS) is 14.7. The molecule has 0 fully saturated rings. The summed E-state index contributed by atoms with van der Waals surface area (Å²) in [5.41, 5.74) is 3.55. The molecule has 5 nitrogen and oxygen atoms in total. The number of para-hydroxylation sites is 1. The highest BCUT2D eigenvalue weighted by Gasteiger charge is 2.34. The minimum absolute atomic E-state index is 0.334. The Labute approximate surface area is 155 Å². The highest BCUT2D eigenvalue weighted by molar-refractivity contribution is 9.10. The number of furan rings is 1. The first kappa shape index (κ1) is 15.2. The summed E-state index contributed by atoms with van der Waals surface area (Å²) in [7, 11) is 0. The van der Waals surface area contributed by atoms with Crippen molar-refractivity contribution in [2.75, 3.05) is 0 Å². The van der Waals surface area contributed by atoms with Crippen molar-refractivity contribution in [2.24, 2.45) is 0 Å². The van der Waals surface area contributed by atoms with E-state index in [2.05, 4.69) is 26.2 Å². The number of rotatable bonds is 2. The Morgan fingerprint density at radius 2 is 1.65 bits per heavy atom. The minimum atomic E-state index is -0.416. The molecule has 0 atom stereocenters. The van der Waals surface area contributed by atoms with Crippen LogP contribution in [0, 0.1) is 0 Å². The lowest BCUT2D eigenvalue weighted by molar-refractivity contribution is -0.122. The number of benzene rings is 2. The topological polar surface area (TPSA) is 75.1 Å². The van der Waals surface area contributed by atoms with Crippen LogP contribution in [0.25, 0.3) is 33.0 Å². The summed E-state index contributed by atoms with van der Waals surface area (Å²) < 4.78 is 6.49. The molecule has 1 aliphatic rings. The Bertz CT molecular complexity index is 1260. The van der Waals surface area contributed by atoms with E-state index < -0.39 is 11.8 Å². The number of H-pyrrole nitrogens is 1. The SMILES string of the molecule is O=C1NC(=O)C(c2coc3cc(Br)ccc23)=C1c1c[nH]c2ccccc12. The van der Waals surface area contributed by atoms with Gasteiger partial charge in [-0.05, 0) is 24.3 Å². The number of carbonyl (C=O) groups is 2. The summed E-state index contributed by atoms with van der Waals surface area (Å²) >= 11 is 3.41. The number of aromatic amines is 1. The molecule has 5 rings (SSSR count). The number of imide groups is 1. The van der Waals surface area contributed by atoms with Crippen LogP contribution in [0.5, 0.6) is 0 Å². The van der Waals surface area contributed by atoms with Gasteiger partial charge in [-0.1, -0.05) is 34.1 Å². The Balaban J connectivity index is 1.83. The second-order valence-electron chi connectivity index (χ2n) is 6.07. The van der Waals surface area contributed by atoms with Crippen LogP contribution in [0.2, 0.25) is 0 Å². The van der Waals surface area contributed by atoms with Gasteiger partial charge in [0.2, 0.25) is 0 Å². The molecule has 0 aliphatic carbocycles. The quantitative estimate of drug-likeness (QED) is 0.488. The zero-order valence-electron chi connectivity index (χ0n) is 13.3. The largest absolute Gasteiger partial charge is 0.464 e. The van der Waals surface area contributed by atoms with Crippen LogP contribution in [0.1, 0.15) is 11.1 Å². The number of carbonyl (C=O) groups excluding carboxylic acids is 2. The third-order valence-corrected chi connectivity index (χ3v) is 5.09. The van der Waals surface area contributed by atoms with Gasteiger partial charge in [-0.15, -0.1) is 0 Å². The number of nitrogens with one attached hydrogen (secondary N) is 2. The van der Waals surface area contributed by atoms with E-state index in [1.54, 1.807) is 6.20 Å². The van der Waals surface area contributed by atoms with Crippen molar-refractivity contribution in [1.29, 1.82) is 0 Å². The van der Waals surface area contributed by atoms with Gasteiger partial charge in [-0.25, -0.2) is 0 Å². The van der Waals surface area contributed by atoms with E-state index in [1.807, 2.05) is 42.5 Å². The predicted molar refractivity (Wildman–Crippen MR) is 102 cm³/mol. The molecule has 0 spiro atoms. The molecule has 2 aromatic carbocycles. The van der Waals surface area contributed by atoms with Crippen LogP contribution in [0.15, 0.2) is 63.8 Å². The van der Waals surface area contributed by atoms with Gasteiger partial charge in [-0.3, -0.25) is 14.9 Å². The first-order valence-corrected chi connectivity index (χ1v) is 8.76. The van der Waals surface area contributed by atoms with Crippen molar-refractivity contribution in [3.05, 3.63) is 70.5 Å². The molecule has 2 aromatic heterocycles. The first-order chi connectivity index (χ1) is 12.6. The van der Waals surface area contributed by atoms with Crippen LogP contribution in [0.3, 0.4) is 0 Å². The minimum Gasteiger partial charge on any atom is -0.464 e. The second kappa shape index (κ2) is 5.44. The van der Waals surface area contributed by atoms with Gasteiger partial charge in [0.1, 0.15) is 5.58 Å². The molecular formula is C20H11BrN2O3. The number of halogens is 1. The monoisotopic (exact) mass is 406 g/mol. The summed E-state index contributed by atoms with van der Waals surface area (Å²) in [4.78, 5) is 28.3. The Kier molecular flexibility index (Phi) is 3.17. The van der Waals surface area contributed by atoms with Gasteiger partial charge in [0, 0.05) is 38.1 Å². The molecule has 0 unspecified atom stereocenters. The van der Waals surface area contributed by atoms with E-state index in [0.29, 0.717) is 27.9 Å². The van der Waals surface area contributed by atoms with Crippen molar-refractivity contribution < 1.29 is 14.0 Å². The van der Waals surface area contributed by atoms with Crippen molar-refractivity contribution in [3.63, 3.8) is 0 Å². The standard InChI is InChI=1S/C20H11BrN2O3/c21-10-5-6-12-14(9-26-16(12)7-10)18-17(19(24)23-20(18)25)13-8-22-15-4-2-1-3-11(13)15/h1-9,22H,(H,23,24,25). The number of hydrogen-bond acceptors (Lipinski definition) is 3. The van der Waals surface area contributed by atoms with Crippen molar-refractivity contribution in [1.82, 2.24) is 10.3 Å². The van der Waals surface area contributed by atoms with E-state index in [1.165, 1.54) is 6.26 Å². The highest BCUT2D eigenvalue weighted by Crippen LogP contribution is 2.38. The van der Waals surface area contributed by atoms with Crippen molar-refractivity contribution in [3.8, 4) is 0 Å². The van der Waals surface area contributed by atoms with E-state index in [-0.39, 0.29) is 0 Å². The van der Waals surface area contributed by atoms with Gasteiger partial charge in [-0.2, -0.15) is 0 Å². The molecule has 0 saturated heterocycles. The summed E-state index contributed by atoms with van der Waals surface area (Å²) in [6.07, 6.45) is 3.29. The van der Waals surface area contributed by atoms with Crippen LogP contribution in [-0.2, 0) is 9.59 Å². The third-order valence-electron chi connectivity index (χ3n) is 4.60. The van der Waals surface area contributed by atoms with E-state index >= 15 is 0 Å². The van der Waals surface area contributed by atoms with E-state index in [4.69, 9.17) is 4.42 Å². The maximum Gasteiger partial charge on any atom is 0.259 e. The third kappa shape index (κ3) is 2.09. The summed E-state index contributed by atoms with van der Waals surface area (Å²) in [6.45, 7) is 0. The number of amides is 2. The molecule has 26 heavy (non-hydrogen) atoms. The smallest absolute Gasteiger partial charge is 0.259 e. The molecule has 2 N–H and O–H groups in total. The predicted octanol–water partition coefficient (Wildman–Crippen LogP) is 4.24. The first-order valence-electron chi connectivity index (χ1n) is 7.97. The molecule has 2 amide bonds.